The highest BCUT2D eigenvalue weighted by Crippen LogP contribution is 2.37. The highest BCUT2D eigenvalue weighted by atomic mass is 79.9. The second-order valence-corrected chi connectivity index (χ2v) is 7.26. The van der Waals surface area contributed by atoms with Gasteiger partial charge in [-0.15, -0.1) is 0 Å². The number of carbonyl (C=O) groups excluding carboxylic acids is 1. The first-order chi connectivity index (χ1) is 12.8. The highest BCUT2D eigenvalue weighted by molar-refractivity contribution is 9.09. The van der Waals surface area contributed by atoms with E-state index in [0.717, 1.165) is 0 Å². The summed E-state index contributed by atoms with van der Waals surface area (Å²) in [7, 11) is 0. The number of aromatic nitrogens is 1. The van der Waals surface area contributed by atoms with Crippen molar-refractivity contribution in [3.05, 3.63) is 48.2 Å². The van der Waals surface area contributed by atoms with Crippen molar-refractivity contribution in [2.24, 2.45) is 0 Å². The third-order valence-corrected chi connectivity index (χ3v) is 4.50. The molecule has 0 saturated carbocycles. The van der Waals surface area contributed by atoms with Crippen LogP contribution < -0.4 is 10.2 Å². The van der Waals surface area contributed by atoms with Gasteiger partial charge in [0.1, 0.15) is 5.82 Å². The fourth-order valence-electron chi connectivity index (χ4n) is 2.21. The van der Waals surface area contributed by atoms with Gasteiger partial charge in [0.15, 0.2) is 0 Å². The molecular formula is C17H17BrF3N3O2S. The van der Waals surface area contributed by atoms with Crippen LogP contribution in [0.2, 0.25) is 0 Å². The van der Waals surface area contributed by atoms with E-state index in [1.165, 1.54) is 30.5 Å². The number of thioether (sulfide) groups is 1. The van der Waals surface area contributed by atoms with Gasteiger partial charge in [-0.2, -0.15) is 13.2 Å². The van der Waals surface area contributed by atoms with Crippen LogP contribution in [-0.2, 0) is 0 Å². The van der Waals surface area contributed by atoms with Crippen molar-refractivity contribution in [2.45, 2.75) is 10.4 Å². The number of rotatable bonds is 8. The van der Waals surface area contributed by atoms with Crippen molar-refractivity contribution in [3.63, 3.8) is 0 Å². The van der Waals surface area contributed by atoms with Gasteiger partial charge < -0.3 is 15.3 Å². The Morgan fingerprint density at radius 1 is 1.19 bits per heavy atom. The summed E-state index contributed by atoms with van der Waals surface area (Å²) < 4.78 is 37.0. The number of nitrogens with zero attached hydrogens (tertiary/aromatic N) is 2. The highest BCUT2D eigenvalue weighted by Gasteiger charge is 2.29. The first kappa shape index (κ1) is 21.5. The summed E-state index contributed by atoms with van der Waals surface area (Å²) in [6.07, 6.45) is 1.41. The van der Waals surface area contributed by atoms with E-state index in [-0.39, 0.29) is 23.3 Å². The van der Waals surface area contributed by atoms with Gasteiger partial charge in [0.2, 0.25) is 0 Å². The van der Waals surface area contributed by atoms with Crippen molar-refractivity contribution in [2.75, 3.05) is 35.2 Å². The van der Waals surface area contributed by atoms with Gasteiger partial charge in [-0.1, -0.05) is 15.9 Å². The summed E-state index contributed by atoms with van der Waals surface area (Å²) in [5.41, 5.74) is -3.65. The normalized spacial score (nSPS) is 11.3. The van der Waals surface area contributed by atoms with Gasteiger partial charge in [0.05, 0.1) is 12.2 Å². The zero-order valence-electron chi connectivity index (χ0n) is 14.0. The molecule has 0 unspecified atom stereocenters. The SMILES string of the molecule is O=C(Nc1ccc(SC(F)(F)F)cc1)c1ccc(N(CCO)CCBr)nc1. The van der Waals surface area contributed by atoms with E-state index < -0.39 is 11.4 Å². The summed E-state index contributed by atoms with van der Waals surface area (Å²) in [5, 5.41) is 12.4. The van der Waals surface area contributed by atoms with Gasteiger partial charge in [0, 0.05) is 35.2 Å². The number of aliphatic hydroxyl groups excluding tert-OH is 1. The number of amides is 1. The minimum absolute atomic E-state index is 0.0143. The predicted molar refractivity (Wildman–Crippen MR) is 104 cm³/mol. The smallest absolute Gasteiger partial charge is 0.395 e. The molecule has 0 aliphatic carbocycles. The number of halogens is 4. The average Bonchev–Trinajstić information content (AvgIpc) is 2.62. The van der Waals surface area contributed by atoms with Gasteiger partial charge in [0.25, 0.3) is 5.91 Å². The van der Waals surface area contributed by atoms with Crippen molar-refractivity contribution in [3.8, 4) is 0 Å². The van der Waals surface area contributed by atoms with Crippen molar-refractivity contribution >= 4 is 45.1 Å². The minimum Gasteiger partial charge on any atom is -0.395 e. The van der Waals surface area contributed by atoms with E-state index in [1.807, 2.05) is 4.90 Å². The molecule has 1 aromatic carbocycles. The number of anilines is 2. The zero-order chi connectivity index (χ0) is 19.9. The topological polar surface area (TPSA) is 65.5 Å². The molecule has 1 aromatic heterocycles. The number of aliphatic hydroxyl groups is 1. The van der Waals surface area contributed by atoms with Crippen LogP contribution in [0.15, 0.2) is 47.5 Å². The summed E-state index contributed by atoms with van der Waals surface area (Å²) >= 11 is 3.12. The molecular weight excluding hydrogens is 447 g/mol. The Labute approximate surface area is 167 Å². The van der Waals surface area contributed by atoms with Crippen LogP contribution in [0, 0.1) is 0 Å². The van der Waals surface area contributed by atoms with Crippen LogP contribution in [0.3, 0.4) is 0 Å². The number of nitrogens with one attached hydrogen (secondary N) is 1. The van der Waals surface area contributed by atoms with E-state index >= 15 is 0 Å². The second-order valence-electron chi connectivity index (χ2n) is 5.33. The van der Waals surface area contributed by atoms with E-state index in [0.29, 0.717) is 35.5 Å². The zero-order valence-corrected chi connectivity index (χ0v) is 16.4. The molecule has 2 aromatic rings. The molecule has 27 heavy (non-hydrogen) atoms. The molecule has 10 heteroatoms. The molecule has 0 aliphatic heterocycles. The Kier molecular flexibility index (Phi) is 7.93. The Bertz CT molecular complexity index is 737. The molecule has 2 N–H and O–H groups in total. The Morgan fingerprint density at radius 3 is 2.41 bits per heavy atom. The molecule has 1 heterocycles. The molecule has 0 aliphatic rings. The lowest BCUT2D eigenvalue weighted by Gasteiger charge is -2.21. The van der Waals surface area contributed by atoms with Crippen molar-refractivity contribution in [1.82, 2.24) is 4.98 Å². The van der Waals surface area contributed by atoms with Gasteiger partial charge in [-0.05, 0) is 48.2 Å². The molecule has 0 radical (unpaired) electrons. The van der Waals surface area contributed by atoms with E-state index in [1.54, 1.807) is 12.1 Å². The molecule has 0 saturated heterocycles. The lowest BCUT2D eigenvalue weighted by Crippen LogP contribution is -2.29. The maximum absolute atomic E-state index is 12.3. The van der Waals surface area contributed by atoms with Crippen LogP contribution in [0.4, 0.5) is 24.7 Å². The molecule has 0 atom stereocenters. The molecule has 0 bridgehead atoms. The Hall–Kier alpha value is -1.78. The van der Waals surface area contributed by atoms with Crippen molar-refractivity contribution < 1.29 is 23.1 Å². The van der Waals surface area contributed by atoms with Crippen LogP contribution in [-0.4, -0.2) is 46.5 Å². The molecule has 0 fully saturated rings. The van der Waals surface area contributed by atoms with Crippen LogP contribution in [0.25, 0.3) is 0 Å². The lowest BCUT2D eigenvalue weighted by atomic mass is 10.2. The van der Waals surface area contributed by atoms with E-state index in [9.17, 15) is 18.0 Å². The Morgan fingerprint density at radius 2 is 1.89 bits per heavy atom. The fourth-order valence-corrected chi connectivity index (χ4v) is 3.18. The number of pyridine rings is 1. The fraction of sp³-hybridized carbons (Fsp3) is 0.294. The van der Waals surface area contributed by atoms with Gasteiger partial charge in [-0.3, -0.25) is 4.79 Å². The third kappa shape index (κ3) is 7.04. The number of hydrogen-bond acceptors (Lipinski definition) is 5. The van der Waals surface area contributed by atoms with Crippen molar-refractivity contribution in [1.29, 1.82) is 0 Å². The average molecular weight is 464 g/mol. The van der Waals surface area contributed by atoms with Crippen LogP contribution >= 0.6 is 27.7 Å². The maximum atomic E-state index is 12.3. The standard InChI is InChI=1S/C17H17BrF3N3O2S/c18-7-8-24(9-10-25)15-6-1-12(11-22-15)16(26)23-13-2-4-14(5-3-13)27-17(19,20)21/h1-6,11,25H,7-10H2,(H,23,26). The first-order valence-electron chi connectivity index (χ1n) is 7.87. The molecule has 2 rings (SSSR count). The van der Waals surface area contributed by atoms with Crippen LogP contribution in [0.5, 0.6) is 0 Å². The number of alkyl halides is 4. The number of hydrogen-bond donors (Lipinski definition) is 2. The summed E-state index contributed by atoms with van der Waals surface area (Å²) in [4.78, 5) is 18.4. The van der Waals surface area contributed by atoms with E-state index in [4.69, 9.17) is 5.11 Å². The van der Waals surface area contributed by atoms with Crippen LogP contribution in [0.1, 0.15) is 10.4 Å². The monoisotopic (exact) mass is 463 g/mol. The number of benzene rings is 1. The maximum Gasteiger partial charge on any atom is 0.446 e. The molecule has 146 valence electrons. The number of carbonyl (C=O) groups is 1. The second kappa shape index (κ2) is 9.95. The minimum atomic E-state index is -4.35. The van der Waals surface area contributed by atoms with Gasteiger partial charge in [-0.25, -0.2) is 4.98 Å². The molecule has 0 spiro atoms. The first-order valence-corrected chi connectivity index (χ1v) is 9.81. The lowest BCUT2D eigenvalue weighted by molar-refractivity contribution is -0.0328. The third-order valence-electron chi connectivity index (χ3n) is 3.40. The molecule has 1 amide bonds. The Balaban J connectivity index is 2.01. The quantitative estimate of drug-likeness (QED) is 0.454. The van der Waals surface area contributed by atoms with Gasteiger partial charge >= 0.3 is 5.51 Å². The summed E-state index contributed by atoms with van der Waals surface area (Å²) in [6, 6.07) is 8.68. The predicted octanol–water partition coefficient (Wildman–Crippen LogP) is 4.14. The molecule has 5 nitrogen and oxygen atoms in total. The summed E-state index contributed by atoms with van der Waals surface area (Å²) in [6.45, 7) is 1.06. The summed E-state index contributed by atoms with van der Waals surface area (Å²) in [5.74, 6) is 0.216. The largest absolute Gasteiger partial charge is 0.446 e. The van der Waals surface area contributed by atoms with E-state index in [2.05, 4.69) is 26.2 Å².